The number of rotatable bonds is 5. The van der Waals surface area contributed by atoms with Gasteiger partial charge >= 0.3 is 0 Å². The monoisotopic (exact) mass is 398 g/mol. The standard InChI is InChI=1S/C24H19FN4O/c25-18-13-10-16(11-14-18)12-15-19-22(17-6-2-1-3-7-17)28-29(23(19)30)24-26-20-8-4-5-9-21(20)27-24/h1-11,13-14,28H,12,15H2,(H,26,27). The normalized spacial score (nSPS) is 11.2. The van der Waals surface area contributed by atoms with Crippen molar-refractivity contribution in [1.29, 1.82) is 0 Å². The van der Waals surface area contributed by atoms with Crippen LogP contribution >= 0.6 is 0 Å². The second-order valence-corrected chi connectivity index (χ2v) is 7.18. The predicted octanol–water partition coefficient (Wildman–Crippen LogP) is 4.63. The van der Waals surface area contributed by atoms with E-state index in [0.29, 0.717) is 24.4 Å². The van der Waals surface area contributed by atoms with Crippen molar-refractivity contribution < 1.29 is 4.39 Å². The number of hydrogen-bond donors (Lipinski definition) is 2. The highest BCUT2D eigenvalue weighted by Gasteiger charge is 2.18. The molecular formula is C24H19FN4O. The minimum Gasteiger partial charge on any atom is -0.322 e. The van der Waals surface area contributed by atoms with Crippen LogP contribution in [-0.2, 0) is 12.8 Å². The molecule has 0 aliphatic rings. The van der Waals surface area contributed by atoms with Crippen LogP contribution in [0.1, 0.15) is 11.1 Å². The summed E-state index contributed by atoms with van der Waals surface area (Å²) in [7, 11) is 0. The molecule has 0 aliphatic heterocycles. The summed E-state index contributed by atoms with van der Waals surface area (Å²) >= 11 is 0. The van der Waals surface area contributed by atoms with E-state index in [4.69, 9.17) is 0 Å². The zero-order valence-electron chi connectivity index (χ0n) is 16.1. The van der Waals surface area contributed by atoms with Gasteiger partial charge in [-0.15, -0.1) is 0 Å². The van der Waals surface area contributed by atoms with Crippen LogP contribution in [0.25, 0.3) is 28.2 Å². The average Bonchev–Trinajstić information content (AvgIpc) is 3.35. The number of fused-ring (bicyclic) bond motifs is 1. The molecule has 0 saturated heterocycles. The number of nitrogens with zero attached hydrogens (tertiary/aromatic N) is 2. The average molecular weight is 398 g/mol. The summed E-state index contributed by atoms with van der Waals surface area (Å²) in [4.78, 5) is 21.1. The van der Waals surface area contributed by atoms with Crippen molar-refractivity contribution in [3.05, 3.63) is 106 Å². The van der Waals surface area contributed by atoms with Crippen molar-refractivity contribution in [2.75, 3.05) is 0 Å². The van der Waals surface area contributed by atoms with E-state index in [1.807, 2.05) is 54.6 Å². The van der Waals surface area contributed by atoms with Gasteiger partial charge in [-0.1, -0.05) is 54.6 Å². The summed E-state index contributed by atoms with van der Waals surface area (Å²) in [6.45, 7) is 0. The summed E-state index contributed by atoms with van der Waals surface area (Å²) in [6.07, 6.45) is 1.16. The molecule has 5 nitrogen and oxygen atoms in total. The van der Waals surface area contributed by atoms with Crippen molar-refractivity contribution in [2.24, 2.45) is 0 Å². The van der Waals surface area contributed by atoms with E-state index >= 15 is 0 Å². The van der Waals surface area contributed by atoms with E-state index in [9.17, 15) is 9.18 Å². The van der Waals surface area contributed by atoms with Gasteiger partial charge in [0.25, 0.3) is 5.56 Å². The number of aryl methyl sites for hydroxylation is 1. The van der Waals surface area contributed by atoms with Crippen molar-refractivity contribution in [2.45, 2.75) is 12.8 Å². The Morgan fingerprint density at radius 3 is 2.37 bits per heavy atom. The van der Waals surface area contributed by atoms with Crippen molar-refractivity contribution in [3.63, 3.8) is 0 Å². The number of hydrogen-bond acceptors (Lipinski definition) is 2. The largest absolute Gasteiger partial charge is 0.322 e. The fourth-order valence-corrected chi connectivity index (χ4v) is 3.66. The van der Waals surface area contributed by atoms with E-state index in [2.05, 4.69) is 15.1 Å². The summed E-state index contributed by atoms with van der Waals surface area (Å²) in [5.41, 5.74) is 4.86. The Morgan fingerprint density at radius 1 is 0.867 bits per heavy atom. The van der Waals surface area contributed by atoms with E-state index in [1.54, 1.807) is 12.1 Å². The maximum atomic E-state index is 13.3. The maximum Gasteiger partial charge on any atom is 0.277 e. The third kappa shape index (κ3) is 3.33. The molecule has 2 heterocycles. The molecule has 30 heavy (non-hydrogen) atoms. The molecule has 2 aromatic heterocycles. The molecule has 148 valence electrons. The van der Waals surface area contributed by atoms with Crippen LogP contribution in [0.4, 0.5) is 4.39 Å². The van der Waals surface area contributed by atoms with E-state index < -0.39 is 0 Å². The van der Waals surface area contributed by atoms with Crippen LogP contribution in [-0.4, -0.2) is 19.7 Å². The number of para-hydroxylation sites is 2. The molecule has 0 aliphatic carbocycles. The van der Waals surface area contributed by atoms with E-state index in [0.717, 1.165) is 27.9 Å². The molecule has 0 radical (unpaired) electrons. The minimum absolute atomic E-state index is 0.143. The van der Waals surface area contributed by atoms with Gasteiger partial charge in [0.05, 0.1) is 16.7 Å². The third-order valence-corrected chi connectivity index (χ3v) is 5.21. The first-order valence-electron chi connectivity index (χ1n) is 9.78. The van der Waals surface area contributed by atoms with Gasteiger partial charge in [0.2, 0.25) is 5.95 Å². The number of halogens is 1. The van der Waals surface area contributed by atoms with Crippen LogP contribution < -0.4 is 5.56 Å². The van der Waals surface area contributed by atoms with E-state index in [1.165, 1.54) is 16.8 Å². The Morgan fingerprint density at radius 2 is 1.60 bits per heavy atom. The number of imidazole rings is 1. The fraction of sp³-hybridized carbons (Fsp3) is 0.0833. The van der Waals surface area contributed by atoms with Gasteiger partial charge in [-0.05, 0) is 48.2 Å². The maximum absolute atomic E-state index is 13.3. The van der Waals surface area contributed by atoms with Gasteiger partial charge in [0.1, 0.15) is 5.82 Å². The van der Waals surface area contributed by atoms with Crippen LogP contribution in [0.3, 0.4) is 0 Å². The van der Waals surface area contributed by atoms with Gasteiger partial charge in [0, 0.05) is 5.56 Å². The molecule has 0 atom stereocenters. The highest BCUT2D eigenvalue weighted by Crippen LogP contribution is 2.22. The molecule has 0 unspecified atom stereocenters. The second-order valence-electron chi connectivity index (χ2n) is 7.18. The summed E-state index contributed by atoms with van der Waals surface area (Å²) in [6, 6.07) is 23.8. The molecule has 5 rings (SSSR count). The number of aromatic amines is 2. The van der Waals surface area contributed by atoms with Crippen LogP contribution in [0.2, 0.25) is 0 Å². The van der Waals surface area contributed by atoms with Gasteiger partial charge in [0.15, 0.2) is 0 Å². The minimum atomic E-state index is -0.266. The highest BCUT2D eigenvalue weighted by atomic mass is 19.1. The first-order chi connectivity index (χ1) is 14.7. The van der Waals surface area contributed by atoms with Gasteiger partial charge in [-0.25, -0.2) is 9.37 Å². The Kier molecular flexibility index (Phi) is 4.52. The van der Waals surface area contributed by atoms with Gasteiger partial charge < -0.3 is 4.98 Å². The quantitative estimate of drug-likeness (QED) is 0.453. The molecule has 0 saturated carbocycles. The smallest absolute Gasteiger partial charge is 0.277 e. The number of H-pyrrole nitrogens is 2. The molecule has 0 fully saturated rings. The Balaban J connectivity index is 1.58. The fourth-order valence-electron chi connectivity index (χ4n) is 3.66. The summed E-state index contributed by atoms with van der Waals surface area (Å²) < 4.78 is 14.7. The zero-order valence-corrected chi connectivity index (χ0v) is 16.1. The van der Waals surface area contributed by atoms with E-state index in [-0.39, 0.29) is 11.4 Å². The van der Waals surface area contributed by atoms with Crippen LogP contribution in [0, 0.1) is 5.82 Å². The van der Waals surface area contributed by atoms with Gasteiger partial charge in [-0.3, -0.25) is 9.89 Å². The topological polar surface area (TPSA) is 66.5 Å². The van der Waals surface area contributed by atoms with Crippen LogP contribution in [0.5, 0.6) is 0 Å². The van der Waals surface area contributed by atoms with Crippen LogP contribution in [0.15, 0.2) is 83.7 Å². The Bertz CT molecular complexity index is 1330. The molecule has 0 spiro atoms. The lowest BCUT2D eigenvalue weighted by Crippen LogP contribution is -2.18. The second kappa shape index (κ2) is 7.48. The summed E-state index contributed by atoms with van der Waals surface area (Å²) in [5, 5.41) is 3.24. The first kappa shape index (κ1) is 18.1. The molecule has 2 N–H and O–H groups in total. The third-order valence-electron chi connectivity index (χ3n) is 5.21. The lowest BCUT2D eigenvalue weighted by molar-refractivity contribution is 0.627. The molecule has 5 aromatic rings. The molecular weight excluding hydrogens is 379 g/mol. The SMILES string of the molecule is O=c1c(CCc2ccc(F)cc2)c(-c2ccccc2)[nH]n1-c1nc2ccccc2[nH]1. The predicted molar refractivity (Wildman–Crippen MR) is 115 cm³/mol. The zero-order chi connectivity index (χ0) is 20.5. The Hall–Kier alpha value is -3.93. The number of aromatic nitrogens is 4. The number of nitrogens with one attached hydrogen (secondary N) is 2. The lowest BCUT2D eigenvalue weighted by Gasteiger charge is -2.03. The van der Waals surface area contributed by atoms with Crippen molar-refractivity contribution in [3.8, 4) is 17.2 Å². The van der Waals surface area contributed by atoms with Crippen molar-refractivity contribution in [1.82, 2.24) is 19.7 Å². The lowest BCUT2D eigenvalue weighted by atomic mass is 10.0. The molecule has 0 bridgehead atoms. The molecule has 0 amide bonds. The first-order valence-corrected chi connectivity index (χ1v) is 9.78. The number of benzene rings is 3. The molecule has 3 aromatic carbocycles. The Labute approximate surface area is 171 Å². The van der Waals surface area contributed by atoms with Gasteiger partial charge in [-0.2, -0.15) is 4.68 Å². The highest BCUT2D eigenvalue weighted by molar-refractivity contribution is 5.76. The molecule has 6 heteroatoms. The van der Waals surface area contributed by atoms with Crippen molar-refractivity contribution >= 4 is 11.0 Å². The summed E-state index contributed by atoms with van der Waals surface area (Å²) in [5.74, 6) is 0.184.